The van der Waals surface area contributed by atoms with Crippen molar-refractivity contribution in [2.75, 3.05) is 6.54 Å². The number of aryl methyl sites for hydroxylation is 2. The summed E-state index contributed by atoms with van der Waals surface area (Å²) in [7, 11) is 0. The second-order valence-electron chi connectivity index (χ2n) is 7.08. The molecule has 2 aromatic carbocycles. The highest BCUT2D eigenvalue weighted by atomic mass is 16.2. The molecule has 3 rings (SSSR count). The van der Waals surface area contributed by atoms with Crippen molar-refractivity contribution in [2.45, 2.75) is 39.2 Å². The Balaban J connectivity index is 1.91. The van der Waals surface area contributed by atoms with Gasteiger partial charge >= 0.3 is 6.03 Å². The molecule has 0 saturated carbocycles. The van der Waals surface area contributed by atoms with Crippen LogP contribution in [0, 0.1) is 13.8 Å². The van der Waals surface area contributed by atoms with Crippen LogP contribution in [0.15, 0.2) is 48.5 Å². The van der Waals surface area contributed by atoms with Gasteiger partial charge in [-0.2, -0.15) is 0 Å². The van der Waals surface area contributed by atoms with Crippen molar-refractivity contribution in [1.82, 2.24) is 10.2 Å². The molecule has 0 spiro atoms. The first-order valence-corrected chi connectivity index (χ1v) is 9.19. The van der Waals surface area contributed by atoms with E-state index in [1.54, 1.807) is 6.07 Å². The van der Waals surface area contributed by atoms with Gasteiger partial charge in [0, 0.05) is 5.56 Å². The summed E-state index contributed by atoms with van der Waals surface area (Å²) >= 11 is 0. The largest absolute Gasteiger partial charge is 0.325 e. The van der Waals surface area contributed by atoms with Crippen LogP contribution in [0.25, 0.3) is 0 Å². The fourth-order valence-corrected chi connectivity index (χ4v) is 3.64. The van der Waals surface area contributed by atoms with Crippen LogP contribution >= 0.6 is 0 Å². The van der Waals surface area contributed by atoms with Crippen molar-refractivity contribution >= 4 is 17.7 Å². The molecule has 0 unspecified atom stereocenters. The number of carbonyl (C=O) groups excluding carboxylic acids is 3. The molecule has 1 atom stereocenters. The van der Waals surface area contributed by atoms with Gasteiger partial charge in [0.05, 0.1) is 6.54 Å². The number of urea groups is 1. The summed E-state index contributed by atoms with van der Waals surface area (Å²) in [4.78, 5) is 39.7. The third-order valence-electron chi connectivity index (χ3n) is 5.06. The van der Waals surface area contributed by atoms with Crippen LogP contribution in [0.2, 0.25) is 0 Å². The Kier molecular flexibility index (Phi) is 5.13. The Bertz CT molecular complexity index is 892. The Hall–Kier alpha value is -2.95. The third-order valence-corrected chi connectivity index (χ3v) is 5.06. The van der Waals surface area contributed by atoms with Crippen molar-refractivity contribution < 1.29 is 14.4 Å². The highest BCUT2D eigenvalue weighted by molar-refractivity contribution is 6.11. The van der Waals surface area contributed by atoms with Crippen LogP contribution in [-0.4, -0.2) is 29.2 Å². The Morgan fingerprint density at radius 1 is 1.07 bits per heavy atom. The summed E-state index contributed by atoms with van der Waals surface area (Å²) < 4.78 is 0. The average molecular weight is 364 g/mol. The van der Waals surface area contributed by atoms with Crippen molar-refractivity contribution in [2.24, 2.45) is 0 Å². The Labute approximate surface area is 159 Å². The van der Waals surface area contributed by atoms with Gasteiger partial charge in [0.25, 0.3) is 5.91 Å². The van der Waals surface area contributed by atoms with E-state index in [1.165, 1.54) is 0 Å². The van der Waals surface area contributed by atoms with E-state index in [1.807, 2.05) is 63.2 Å². The van der Waals surface area contributed by atoms with E-state index in [0.717, 1.165) is 28.0 Å². The zero-order valence-corrected chi connectivity index (χ0v) is 15.9. The molecule has 0 radical (unpaired) electrons. The smallest absolute Gasteiger partial charge is 0.319 e. The van der Waals surface area contributed by atoms with Gasteiger partial charge in [0.1, 0.15) is 5.54 Å². The minimum atomic E-state index is -1.10. The van der Waals surface area contributed by atoms with E-state index in [9.17, 15) is 14.4 Å². The van der Waals surface area contributed by atoms with Gasteiger partial charge in [-0.25, -0.2) is 4.79 Å². The van der Waals surface area contributed by atoms with Gasteiger partial charge in [0.15, 0.2) is 5.78 Å². The normalized spacial score (nSPS) is 19.3. The first kappa shape index (κ1) is 18.8. The lowest BCUT2D eigenvalue weighted by Crippen LogP contribution is -2.44. The molecular weight excluding hydrogens is 340 g/mol. The molecule has 5 heteroatoms. The number of hydrogen-bond acceptors (Lipinski definition) is 3. The molecule has 0 bridgehead atoms. The number of benzene rings is 2. The lowest BCUT2D eigenvalue weighted by molar-refractivity contribution is -0.131. The fraction of sp³-hybridized carbons (Fsp3) is 0.318. The van der Waals surface area contributed by atoms with E-state index in [4.69, 9.17) is 0 Å². The summed E-state index contributed by atoms with van der Waals surface area (Å²) in [5, 5.41) is 2.85. The molecule has 3 amide bonds. The number of nitrogens with one attached hydrogen (secondary N) is 1. The summed E-state index contributed by atoms with van der Waals surface area (Å²) in [6, 6.07) is 14.3. The van der Waals surface area contributed by atoms with Crippen LogP contribution in [0.4, 0.5) is 4.79 Å². The highest BCUT2D eigenvalue weighted by Gasteiger charge is 2.52. The molecule has 5 nitrogen and oxygen atoms in total. The van der Waals surface area contributed by atoms with Crippen molar-refractivity contribution in [3.63, 3.8) is 0 Å². The molecule has 1 saturated heterocycles. The van der Waals surface area contributed by atoms with Crippen molar-refractivity contribution in [3.05, 3.63) is 70.8 Å². The minimum absolute atomic E-state index is 0.236. The zero-order chi connectivity index (χ0) is 19.6. The quantitative estimate of drug-likeness (QED) is 0.627. The first-order chi connectivity index (χ1) is 12.9. The molecular formula is C22H24N2O3. The number of carbonyl (C=O) groups is 3. The standard InChI is InChI=1S/C22H24N2O3/c1-4-12-22(17-8-6-5-7-9-17)20(26)24(21(27)23-22)14-19(25)18-13-15(2)10-11-16(18)3/h5-11,13H,4,12,14H2,1-3H3,(H,23,27)/t22-/m0/s1. The van der Waals surface area contributed by atoms with Crippen LogP contribution in [-0.2, 0) is 10.3 Å². The van der Waals surface area contributed by atoms with Crippen molar-refractivity contribution in [1.29, 1.82) is 0 Å². The van der Waals surface area contributed by atoms with Crippen LogP contribution in [0.5, 0.6) is 0 Å². The molecule has 2 aromatic rings. The maximum absolute atomic E-state index is 13.2. The summed E-state index contributed by atoms with van der Waals surface area (Å²) in [5.41, 5.74) is 1.98. The molecule has 1 fully saturated rings. The molecule has 0 aromatic heterocycles. The predicted molar refractivity (Wildman–Crippen MR) is 104 cm³/mol. The maximum atomic E-state index is 13.2. The summed E-state index contributed by atoms with van der Waals surface area (Å²) in [6.45, 7) is 5.47. The maximum Gasteiger partial charge on any atom is 0.325 e. The van der Waals surface area contributed by atoms with Crippen LogP contribution < -0.4 is 5.32 Å². The van der Waals surface area contributed by atoms with E-state index < -0.39 is 11.6 Å². The van der Waals surface area contributed by atoms with E-state index in [2.05, 4.69) is 5.32 Å². The van der Waals surface area contributed by atoms with Gasteiger partial charge in [-0.1, -0.05) is 61.4 Å². The predicted octanol–water partition coefficient (Wildman–Crippen LogP) is 3.73. The number of nitrogens with zero attached hydrogens (tertiary/aromatic N) is 1. The van der Waals surface area contributed by atoms with Gasteiger partial charge in [-0.05, 0) is 37.5 Å². The van der Waals surface area contributed by atoms with Crippen molar-refractivity contribution in [3.8, 4) is 0 Å². The lowest BCUT2D eigenvalue weighted by Gasteiger charge is -2.26. The number of ketones is 1. The Morgan fingerprint density at radius 2 is 1.78 bits per heavy atom. The summed E-state index contributed by atoms with van der Waals surface area (Å²) in [5.74, 6) is -0.598. The molecule has 1 aliphatic rings. The second kappa shape index (κ2) is 7.35. The molecule has 0 aliphatic carbocycles. The van der Waals surface area contributed by atoms with Gasteiger partial charge in [0.2, 0.25) is 0 Å². The molecule has 1 heterocycles. The number of rotatable bonds is 6. The molecule has 1 N–H and O–H groups in total. The highest BCUT2D eigenvalue weighted by Crippen LogP contribution is 2.33. The van der Waals surface area contributed by atoms with Crippen LogP contribution in [0.3, 0.4) is 0 Å². The third kappa shape index (κ3) is 3.37. The number of hydrogen-bond donors (Lipinski definition) is 1. The van der Waals surface area contributed by atoms with E-state index in [-0.39, 0.29) is 18.2 Å². The molecule has 27 heavy (non-hydrogen) atoms. The average Bonchev–Trinajstić information content (AvgIpc) is 2.90. The molecule has 1 aliphatic heterocycles. The van der Waals surface area contributed by atoms with Gasteiger partial charge in [-0.15, -0.1) is 0 Å². The second-order valence-corrected chi connectivity index (χ2v) is 7.08. The van der Waals surface area contributed by atoms with Gasteiger partial charge in [-0.3, -0.25) is 14.5 Å². The van der Waals surface area contributed by atoms with Crippen LogP contribution in [0.1, 0.15) is 46.8 Å². The lowest BCUT2D eigenvalue weighted by atomic mass is 9.85. The first-order valence-electron chi connectivity index (χ1n) is 9.19. The van der Waals surface area contributed by atoms with E-state index >= 15 is 0 Å². The number of imide groups is 1. The minimum Gasteiger partial charge on any atom is -0.319 e. The fourth-order valence-electron chi connectivity index (χ4n) is 3.64. The monoisotopic (exact) mass is 364 g/mol. The van der Waals surface area contributed by atoms with Gasteiger partial charge < -0.3 is 5.32 Å². The number of Topliss-reactive ketones (excluding diaryl/α,β-unsaturated/α-hetero) is 1. The van der Waals surface area contributed by atoms with E-state index in [0.29, 0.717) is 12.0 Å². The molecule has 140 valence electrons. The Morgan fingerprint density at radius 3 is 2.44 bits per heavy atom. The SMILES string of the molecule is CCC[C@@]1(c2ccccc2)NC(=O)N(CC(=O)c2cc(C)ccc2C)C1=O. The zero-order valence-electron chi connectivity index (χ0n) is 15.9. The number of amides is 3. The topological polar surface area (TPSA) is 66.5 Å². The summed E-state index contributed by atoms with van der Waals surface area (Å²) in [6.07, 6.45) is 1.20.